The number of hydrogen-bond donors (Lipinski definition) is 0. The van der Waals surface area contributed by atoms with Gasteiger partial charge < -0.3 is 4.90 Å². The van der Waals surface area contributed by atoms with Crippen LogP contribution in [-0.2, 0) is 0 Å². The molecule has 0 saturated heterocycles. The van der Waals surface area contributed by atoms with Crippen molar-refractivity contribution < 1.29 is 0 Å². The molecule has 0 N–H and O–H groups in total. The Morgan fingerprint density at radius 2 is 1.74 bits per heavy atom. The van der Waals surface area contributed by atoms with Crippen LogP contribution in [0.15, 0.2) is 48.5 Å². The van der Waals surface area contributed by atoms with Crippen LogP contribution >= 0.6 is 0 Å². The normalized spacial score (nSPS) is 24.4. The van der Waals surface area contributed by atoms with Gasteiger partial charge in [-0.2, -0.15) is 0 Å². The van der Waals surface area contributed by atoms with Crippen LogP contribution in [0, 0.1) is 6.92 Å². The Morgan fingerprint density at radius 3 is 2.58 bits per heavy atom. The van der Waals surface area contributed by atoms with Crippen molar-refractivity contribution in [3.8, 4) is 0 Å². The van der Waals surface area contributed by atoms with Crippen molar-refractivity contribution in [2.45, 2.75) is 38.1 Å². The van der Waals surface area contributed by atoms with Gasteiger partial charge in [-0.05, 0) is 43.5 Å². The summed E-state index contributed by atoms with van der Waals surface area (Å²) in [6, 6.07) is 18.6. The molecule has 1 nitrogen and oxygen atoms in total. The molecule has 19 heavy (non-hydrogen) atoms. The van der Waals surface area contributed by atoms with E-state index in [4.69, 9.17) is 0 Å². The summed E-state index contributed by atoms with van der Waals surface area (Å²) >= 11 is 0. The molecule has 0 spiro atoms. The van der Waals surface area contributed by atoms with E-state index in [1.54, 1.807) is 5.56 Å². The molecule has 2 aromatic rings. The van der Waals surface area contributed by atoms with Crippen LogP contribution in [0.5, 0.6) is 0 Å². The highest BCUT2D eigenvalue weighted by Gasteiger charge is 2.41. The van der Waals surface area contributed by atoms with E-state index < -0.39 is 0 Å². The number of aryl methyl sites for hydroxylation is 1. The minimum Gasteiger partial charge on any atom is -0.338 e. The first-order chi connectivity index (χ1) is 9.34. The minimum atomic E-state index is 0.681. The van der Waals surface area contributed by atoms with Crippen LogP contribution in [0.3, 0.4) is 0 Å². The summed E-state index contributed by atoms with van der Waals surface area (Å²) in [6.07, 6.45) is 4.04. The summed E-state index contributed by atoms with van der Waals surface area (Å²) in [5, 5.41) is 0. The highest BCUT2D eigenvalue weighted by atomic mass is 15.2. The summed E-state index contributed by atoms with van der Waals surface area (Å²) in [7, 11) is 0. The first-order valence-electron chi connectivity index (χ1n) is 7.29. The average molecular weight is 249 g/mol. The van der Waals surface area contributed by atoms with Crippen molar-refractivity contribution in [3.05, 3.63) is 59.7 Å². The quantitative estimate of drug-likeness (QED) is 0.703. The molecule has 0 bridgehead atoms. The number of benzene rings is 2. The van der Waals surface area contributed by atoms with E-state index in [1.165, 1.54) is 36.2 Å². The fraction of sp³-hybridized carbons (Fsp3) is 0.333. The first kappa shape index (κ1) is 11.1. The van der Waals surface area contributed by atoms with Gasteiger partial charge in [0.2, 0.25) is 0 Å². The molecule has 2 aliphatic rings. The highest BCUT2D eigenvalue weighted by molar-refractivity contribution is 5.73. The molecule has 1 aliphatic carbocycles. The highest BCUT2D eigenvalue weighted by Crippen LogP contribution is 2.51. The Morgan fingerprint density at radius 1 is 0.947 bits per heavy atom. The van der Waals surface area contributed by atoms with E-state index in [0.29, 0.717) is 6.04 Å². The second kappa shape index (κ2) is 4.12. The van der Waals surface area contributed by atoms with Crippen LogP contribution in [0.2, 0.25) is 0 Å². The van der Waals surface area contributed by atoms with Gasteiger partial charge >= 0.3 is 0 Å². The number of para-hydroxylation sites is 1. The third-order valence-electron chi connectivity index (χ3n) is 4.72. The van der Waals surface area contributed by atoms with Gasteiger partial charge in [-0.15, -0.1) is 0 Å². The van der Waals surface area contributed by atoms with Gasteiger partial charge in [0.05, 0.1) is 0 Å². The maximum Gasteiger partial charge on any atom is 0.0449 e. The van der Waals surface area contributed by atoms with Gasteiger partial charge in [-0.3, -0.25) is 0 Å². The Labute approximate surface area is 114 Å². The summed E-state index contributed by atoms with van der Waals surface area (Å²) < 4.78 is 0. The Hall–Kier alpha value is -1.76. The molecule has 1 heteroatoms. The number of rotatable bonds is 1. The molecule has 96 valence electrons. The molecule has 1 aliphatic heterocycles. The van der Waals surface area contributed by atoms with Crippen molar-refractivity contribution in [1.29, 1.82) is 0 Å². The molecule has 0 aromatic heterocycles. The number of anilines is 2. The summed E-state index contributed by atoms with van der Waals surface area (Å²) in [5.41, 5.74) is 5.68. The first-order valence-corrected chi connectivity index (χ1v) is 7.29. The van der Waals surface area contributed by atoms with E-state index in [2.05, 4.69) is 60.4 Å². The minimum absolute atomic E-state index is 0.681. The largest absolute Gasteiger partial charge is 0.338 e. The van der Waals surface area contributed by atoms with Crippen molar-refractivity contribution >= 4 is 11.4 Å². The lowest BCUT2D eigenvalue weighted by Crippen LogP contribution is -2.26. The summed E-state index contributed by atoms with van der Waals surface area (Å²) in [5.74, 6) is 0.748. The maximum atomic E-state index is 2.58. The summed E-state index contributed by atoms with van der Waals surface area (Å²) in [4.78, 5) is 2.58. The molecule has 2 atom stereocenters. The zero-order valence-corrected chi connectivity index (χ0v) is 11.3. The van der Waals surface area contributed by atoms with Crippen molar-refractivity contribution in [2.24, 2.45) is 0 Å². The third kappa shape index (κ3) is 1.61. The average Bonchev–Trinajstić information content (AvgIpc) is 3.00. The van der Waals surface area contributed by atoms with Crippen LogP contribution in [0.1, 0.15) is 36.3 Å². The predicted molar refractivity (Wildman–Crippen MR) is 80.1 cm³/mol. The predicted octanol–water partition coefficient (Wildman–Crippen LogP) is 4.78. The van der Waals surface area contributed by atoms with Crippen molar-refractivity contribution in [2.75, 3.05) is 4.90 Å². The van der Waals surface area contributed by atoms with E-state index >= 15 is 0 Å². The molecular weight excluding hydrogens is 230 g/mol. The van der Waals surface area contributed by atoms with E-state index in [1.807, 2.05) is 0 Å². The molecule has 4 rings (SSSR count). The zero-order chi connectivity index (χ0) is 12.8. The molecule has 1 saturated carbocycles. The molecule has 0 radical (unpaired) electrons. The number of hydrogen-bond acceptors (Lipinski definition) is 1. The van der Waals surface area contributed by atoms with E-state index in [0.717, 1.165) is 5.92 Å². The monoisotopic (exact) mass is 249 g/mol. The SMILES string of the molecule is Cc1ccc(N2c3ccccc3[C@@H]3CCC[C@H]32)cc1. The van der Waals surface area contributed by atoms with Crippen LogP contribution in [-0.4, -0.2) is 6.04 Å². The molecule has 1 fully saturated rings. The van der Waals surface area contributed by atoms with Crippen molar-refractivity contribution in [1.82, 2.24) is 0 Å². The van der Waals surface area contributed by atoms with E-state index in [9.17, 15) is 0 Å². The number of fused-ring (bicyclic) bond motifs is 3. The van der Waals surface area contributed by atoms with Gasteiger partial charge in [-0.1, -0.05) is 42.3 Å². The Balaban J connectivity index is 1.85. The Bertz CT molecular complexity index is 599. The number of nitrogens with zero attached hydrogens (tertiary/aromatic N) is 1. The molecule has 0 amide bonds. The van der Waals surface area contributed by atoms with E-state index in [-0.39, 0.29) is 0 Å². The van der Waals surface area contributed by atoms with Crippen LogP contribution in [0.4, 0.5) is 11.4 Å². The van der Waals surface area contributed by atoms with Gasteiger partial charge in [0.15, 0.2) is 0 Å². The smallest absolute Gasteiger partial charge is 0.0449 e. The lowest BCUT2D eigenvalue weighted by molar-refractivity contribution is 0.642. The third-order valence-corrected chi connectivity index (χ3v) is 4.72. The van der Waals surface area contributed by atoms with Gasteiger partial charge in [-0.25, -0.2) is 0 Å². The van der Waals surface area contributed by atoms with Gasteiger partial charge in [0, 0.05) is 23.3 Å². The molecule has 1 heterocycles. The van der Waals surface area contributed by atoms with Crippen LogP contribution < -0.4 is 4.90 Å². The summed E-state index contributed by atoms with van der Waals surface area (Å²) in [6.45, 7) is 2.15. The second-order valence-electron chi connectivity index (χ2n) is 5.87. The Kier molecular flexibility index (Phi) is 2.41. The van der Waals surface area contributed by atoms with Gasteiger partial charge in [0.25, 0.3) is 0 Å². The topological polar surface area (TPSA) is 3.24 Å². The lowest BCUT2D eigenvalue weighted by Gasteiger charge is -2.27. The standard InChI is InChI=1S/C18H19N/c1-13-9-11-14(12-10-13)19-17-7-3-2-5-15(17)16-6-4-8-18(16)19/h2-3,5,7,9-12,16,18H,4,6,8H2,1H3/t16-,18+/m0/s1. The van der Waals surface area contributed by atoms with Crippen molar-refractivity contribution in [3.63, 3.8) is 0 Å². The fourth-order valence-corrected chi connectivity index (χ4v) is 3.85. The van der Waals surface area contributed by atoms with Gasteiger partial charge in [0.1, 0.15) is 0 Å². The molecule has 0 unspecified atom stereocenters. The maximum absolute atomic E-state index is 2.58. The molecule has 2 aromatic carbocycles. The lowest BCUT2D eigenvalue weighted by atomic mass is 9.98. The van der Waals surface area contributed by atoms with Crippen LogP contribution in [0.25, 0.3) is 0 Å². The fourth-order valence-electron chi connectivity index (χ4n) is 3.85. The second-order valence-corrected chi connectivity index (χ2v) is 5.87. The molecular formula is C18H19N. The zero-order valence-electron chi connectivity index (χ0n) is 11.3.